The zero-order valence-electron chi connectivity index (χ0n) is 9.58. The largest absolute Gasteiger partial charge is 0.454 e. The monoisotopic (exact) mass is 321 g/mol. The van der Waals surface area contributed by atoms with Crippen LogP contribution in [0.25, 0.3) is 0 Å². The molecule has 0 heterocycles. The van der Waals surface area contributed by atoms with E-state index in [9.17, 15) is 0 Å². The van der Waals surface area contributed by atoms with Gasteiger partial charge in [0, 0.05) is 4.47 Å². The van der Waals surface area contributed by atoms with E-state index in [4.69, 9.17) is 21.6 Å². The van der Waals surface area contributed by atoms with Gasteiger partial charge in [0.15, 0.2) is 0 Å². The number of benzene rings is 2. The Morgan fingerprint density at radius 2 is 1.89 bits per heavy atom. The number of hydrogen-bond acceptors (Lipinski definition) is 2. The Morgan fingerprint density at radius 3 is 2.56 bits per heavy atom. The molecule has 0 aromatic heterocycles. The Morgan fingerprint density at radius 1 is 1.17 bits per heavy atom. The first-order chi connectivity index (χ1) is 8.60. The van der Waals surface area contributed by atoms with Crippen LogP contribution in [0.1, 0.15) is 11.1 Å². The van der Waals surface area contributed by atoms with Gasteiger partial charge in [-0.15, -0.1) is 0 Å². The van der Waals surface area contributed by atoms with Gasteiger partial charge < -0.3 is 4.74 Å². The van der Waals surface area contributed by atoms with Gasteiger partial charge in [-0.3, -0.25) is 0 Å². The average Bonchev–Trinajstić information content (AvgIpc) is 2.34. The molecule has 0 fully saturated rings. The summed E-state index contributed by atoms with van der Waals surface area (Å²) in [5, 5.41) is 9.58. The highest BCUT2D eigenvalue weighted by molar-refractivity contribution is 9.10. The Hall–Kier alpha value is -1.50. The van der Waals surface area contributed by atoms with Crippen LogP contribution < -0.4 is 4.74 Å². The zero-order valence-corrected chi connectivity index (χ0v) is 11.9. The minimum atomic E-state index is 0.459. The van der Waals surface area contributed by atoms with E-state index in [0.29, 0.717) is 22.1 Å². The molecule has 2 aromatic rings. The highest BCUT2D eigenvalue weighted by Crippen LogP contribution is 2.32. The summed E-state index contributed by atoms with van der Waals surface area (Å²) in [4.78, 5) is 0. The molecule has 0 amide bonds. The minimum Gasteiger partial charge on any atom is -0.454 e. The van der Waals surface area contributed by atoms with Crippen molar-refractivity contribution in [2.24, 2.45) is 0 Å². The summed E-state index contributed by atoms with van der Waals surface area (Å²) in [6, 6.07) is 12.9. The smallest absolute Gasteiger partial charge is 0.146 e. The summed E-state index contributed by atoms with van der Waals surface area (Å²) in [6.07, 6.45) is 0. The van der Waals surface area contributed by atoms with Crippen LogP contribution in [0, 0.1) is 18.3 Å². The van der Waals surface area contributed by atoms with Crippen LogP contribution in [-0.4, -0.2) is 0 Å². The number of halogens is 2. The van der Waals surface area contributed by atoms with Gasteiger partial charge >= 0.3 is 0 Å². The van der Waals surface area contributed by atoms with E-state index in [-0.39, 0.29) is 0 Å². The maximum Gasteiger partial charge on any atom is 0.146 e. The SMILES string of the molecule is Cc1ccc(Oc2ccc(Br)cc2C#N)c(Cl)c1. The Kier molecular flexibility index (Phi) is 3.90. The third-order valence-corrected chi connectivity index (χ3v) is 3.16. The highest BCUT2D eigenvalue weighted by atomic mass is 79.9. The zero-order chi connectivity index (χ0) is 13.1. The molecular weight excluding hydrogens is 314 g/mol. The van der Waals surface area contributed by atoms with Crippen molar-refractivity contribution >= 4 is 27.5 Å². The molecule has 0 N–H and O–H groups in total. The fourth-order valence-corrected chi connectivity index (χ4v) is 2.12. The second kappa shape index (κ2) is 5.43. The Bertz CT molecular complexity index is 634. The molecule has 0 aliphatic carbocycles. The molecule has 0 unspecified atom stereocenters. The van der Waals surface area contributed by atoms with E-state index in [2.05, 4.69) is 22.0 Å². The molecule has 4 heteroatoms. The molecule has 90 valence electrons. The van der Waals surface area contributed by atoms with Crippen molar-refractivity contribution in [1.82, 2.24) is 0 Å². The van der Waals surface area contributed by atoms with E-state index < -0.39 is 0 Å². The molecule has 0 aliphatic rings. The first-order valence-corrected chi connectivity index (χ1v) is 6.41. The maximum absolute atomic E-state index is 9.05. The summed E-state index contributed by atoms with van der Waals surface area (Å²) in [7, 11) is 0. The minimum absolute atomic E-state index is 0.459. The molecule has 2 aromatic carbocycles. The van der Waals surface area contributed by atoms with Crippen LogP contribution in [0.5, 0.6) is 11.5 Å². The van der Waals surface area contributed by atoms with E-state index in [1.54, 1.807) is 18.2 Å². The molecule has 0 bridgehead atoms. The lowest BCUT2D eigenvalue weighted by Gasteiger charge is -2.09. The number of aryl methyl sites for hydroxylation is 1. The standard InChI is InChI=1S/C14H9BrClNO/c1-9-2-4-14(12(16)6-9)18-13-5-3-11(15)7-10(13)8-17/h2-7H,1H3. The van der Waals surface area contributed by atoms with Gasteiger partial charge in [0.1, 0.15) is 17.6 Å². The number of nitriles is 1. The third-order valence-electron chi connectivity index (χ3n) is 2.37. The summed E-state index contributed by atoms with van der Waals surface area (Å²) in [6.45, 7) is 1.95. The Balaban J connectivity index is 2.37. The summed E-state index contributed by atoms with van der Waals surface area (Å²) in [5.41, 5.74) is 1.52. The number of nitrogens with zero attached hydrogens (tertiary/aromatic N) is 1. The van der Waals surface area contributed by atoms with Gasteiger partial charge in [-0.2, -0.15) is 5.26 Å². The number of rotatable bonds is 2. The van der Waals surface area contributed by atoms with E-state index >= 15 is 0 Å². The molecule has 18 heavy (non-hydrogen) atoms. The van der Waals surface area contributed by atoms with Crippen molar-refractivity contribution in [3.63, 3.8) is 0 Å². The first kappa shape index (κ1) is 12.9. The van der Waals surface area contributed by atoms with Gasteiger partial charge in [0.25, 0.3) is 0 Å². The van der Waals surface area contributed by atoms with Crippen molar-refractivity contribution < 1.29 is 4.74 Å². The molecule has 0 aliphatic heterocycles. The normalized spacial score (nSPS) is 9.89. The number of hydrogen-bond donors (Lipinski definition) is 0. The van der Waals surface area contributed by atoms with Crippen molar-refractivity contribution in [1.29, 1.82) is 5.26 Å². The van der Waals surface area contributed by atoms with E-state index in [1.807, 2.05) is 25.1 Å². The van der Waals surface area contributed by atoms with Crippen LogP contribution in [0.4, 0.5) is 0 Å². The summed E-state index contributed by atoms with van der Waals surface area (Å²) < 4.78 is 6.50. The van der Waals surface area contributed by atoms with Crippen LogP contribution in [0.15, 0.2) is 40.9 Å². The molecule has 2 nitrogen and oxygen atoms in total. The van der Waals surface area contributed by atoms with Gasteiger partial charge in [-0.1, -0.05) is 33.6 Å². The second-order valence-corrected chi connectivity index (χ2v) is 5.11. The molecule has 0 radical (unpaired) electrons. The van der Waals surface area contributed by atoms with Crippen molar-refractivity contribution in [2.45, 2.75) is 6.92 Å². The fourth-order valence-electron chi connectivity index (χ4n) is 1.49. The van der Waals surface area contributed by atoms with Gasteiger partial charge in [0.05, 0.1) is 10.6 Å². The maximum atomic E-state index is 9.05. The summed E-state index contributed by atoms with van der Waals surface area (Å²) in [5.74, 6) is 1.03. The molecule has 2 rings (SSSR count). The molecule has 0 spiro atoms. The quantitative estimate of drug-likeness (QED) is 0.773. The van der Waals surface area contributed by atoms with Gasteiger partial charge in [-0.25, -0.2) is 0 Å². The lowest BCUT2D eigenvalue weighted by atomic mass is 10.2. The molecular formula is C14H9BrClNO. The molecule has 0 saturated heterocycles. The number of ether oxygens (including phenoxy) is 1. The third kappa shape index (κ3) is 2.84. The van der Waals surface area contributed by atoms with E-state index in [1.165, 1.54) is 0 Å². The topological polar surface area (TPSA) is 33.0 Å². The van der Waals surface area contributed by atoms with Crippen LogP contribution >= 0.6 is 27.5 Å². The lowest BCUT2D eigenvalue weighted by molar-refractivity contribution is 0.481. The van der Waals surface area contributed by atoms with Crippen LogP contribution in [0.3, 0.4) is 0 Å². The first-order valence-electron chi connectivity index (χ1n) is 5.24. The van der Waals surface area contributed by atoms with Gasteiger partial charge in [-0.05, 0) is 42.8 Å². The second-order valence-electron chi connectivity index (χ2n) is 3.79. The molecule has 0 saturated carbocycles. The average molecular weight is 323 g/mol. The van der Waals surface area contributed by atoms with Crippen LogP contribution in [-0.2, 0) is 0 Å². The fraction of sp³-hybridized carbons (Fsp3) is 0.0714. The lowest BCUT2D eigenvalue weighted by Crippen LogP contribution is -1.89. The van der Waals surface area contributed by atoms with Crippen molar-refractivity contribution in [3.8, 4) is 17.6 Å². The summed E-state index contributed by atoms with van der Waals surface area (Å²) >= 11 is 9.40. The van der Waals surface area contributed by atoms with E-state index in [0.717, 1.165) is 10.0 Å². The highest BCUT2D eigenvalue weighted by Gasteiger charge is 2.08. The van der Waals surface area contributed by atoms with Crippen LogP contribution in [0.2, 0.25) is 5.02 Å². The molecule has 0 atom stereocenters. The van der Waals surface area contributed by atoms with Crippen molar-refractivity contribution in [3.05, 3.63) is 57.0 Å². The van der Waals surface area contributed by atoms with Crippen molar-refractivity contribution in [2.75, 3.05) is 0 Å². The Labute approximate surface area is 119 Å². The predicted molar refractivity (Wildman–Crippen MR) is 75.1 cm³/mol. The predicted octanol–water partition coefficient (Wildman–Crippen LogP) is 5.07. The van der Waals surface area contributed by atoms with Gasteiger partial charge in [0.2, 0.25) is 0 Å².